The van der Waals surface area contributed by atoms with Gasteiger partial charge in [0.15, 0.2) is 0 Å². The number of phenolic OH excluding ortho intramolecular Hbond substituents is 1. The van der Waals surface area contributed by atoms with Crippen LogP contribution in [0.15, 0.2) is 31.4 Å². The first-order valence-corrected chi connectivity index (χ1v) is 13.2. The second-order valence-electron chi connectivity index (χ2n) is 8.86. The molecular formula is C32H40O10. The number of carbonyl (C=O) groups is 4. The van der Waals surface area contributed by atoms with Crippen molar-refractivity contribution in [3.8, 4) is 11.5 Å². The number of aryl methyl sites for hydroxylation is 1. The third-order valence-electron chi connectivity index (χ3n) is 6.62. The van der Waals surface area contributed by atoms with Crippen molar-refractivity contribution >= 4 is 23.9 Å². The van der Waals surface area contributed by atoms with Crippen molar-refractivity contribution in [2.75, 3.05) is 35.0 Å². The molecule has 2 aromatic carbocycles. The SMILES string of the molecule is C=CCOc1cc(CC)c(C)c(C(=O)OC)c1C(=O)OC.C=CCc1c(O)c(C(=O)OC)c(C(=O)OC)c(C)c1CC. The summed E-state index contributed by atoms with van der Waals surface area (Å²) in [5.74, 6) is -2.63. The van der Waals surface area contributed by atoms with E-state index >= 15 is 0 Å². The van der Waals surface area contributed by atoms with Crippen molar-refractivity contribution in [3.63, 3.8) is 0 Å². The second-order valence-corrected chi connectivity index (χ2v) is 8.86. The summed E-state index contributed by atoms with van der Waals surface area (Å²) in [4.78, 5) is 48.1. The van der Waals surface area contributed by atoms with Gasteiger partial charge in [-0.15, -0.1) is 6.58 Å². The van der Waals surface area contributed by atoms with Gasteiger partial charge in [0, 0.05) is 5.56 Å². The summed E-state index contributed by atoms with van der Waals surface area (Å²) < 4.78 is 24.5. The van der Waals surface area contributed by atoms with Crippen molar-refractivity contribution in [3.05, 3.63) is 81.4 Å². The van der Waals surface area contributed by atoms with E-state index in [4.69, 9.17) is 18.9 Å². The summed E-state index contributed by atoms with van der Waals surface area (Å²) in [5, 5.41) is 10.4. The third-order valence-corrected chi connectivity index (χ3v) is 6.62. The highest BCUT2D eigenvalue weighted by Crippen LogP contribution is 2.35. The van der Waals surface area contributed by atoms with E-state index in [1.54, 1.807) is 32.1 Å². The van der Waals surface area contributed by atoms with Crippen LogP contribution in [0.2, 0.25) is 0 Å². The van der Waals surface area contributed by atoms with Gasteiger partial charge in [0.25, 0.3) is 0 Å². The van der Waals surface area contributed by atoms with Crippen LogP contribution in [0.1, 0.15) is 83.1 Å². The fourth-order valence-electron chi connectivity index (χ4n) is 4.58. The Morgan fingerprint density at radius 1 is 0.714 bits per heavy atom. The Morgan fingerprint density at radius 3 is 1.62 bits per heavy atom. The molecule has 0 bridgehead atoms. The summed E-state index contributed by atoms with van der Waals surface area (Å²) in [6.45, 7) is 14.8. The second kappa shape index (κ2) is 16.6. The maximum atomic E-state index is 12.1. The number of ether oxygens (including phenoxy) is 5. The minimum absolute atomic E-state index is 0.0477. The van der Waals surface area contributed by atoms with Crippen LogP contribution in [0.4, 0.5) is 0 Å². The lowest BCUT2D eigenvalue weighted by Gasteiger charge is -2.19. The van der Waals surface area contributed by atoms with Crippen molar-refractivity contribution < 1.29 is 48.0 Å². The van der Waals surface area contributed by atoms with Crippen LogP contribution in [-0.2, 0) is 38.2 Å². The smallest absolute Gasteiger partial charge is 0.342 e. The Kier molecular flexibility index (Phi) is 14.0. The molecule has 0 unspecified atom stereocenters. The molecule has 2 rings (SSSR count). The molecule has 0 aliphatic carbocycles. The largest absolute Gasteiger partial charge is 0.507 e. The predicted octanol–water partition coefficient (Wildman–Crippen LogP) is 5.26. The van der Waals surface area contributed by atoms with Crippen molar-refractivity contribution in [2.45, 2.75) is 47.0 Å². The monoisotopic (exact) mass is 584 g/mol. The van der Waals surface area contributed by atoms with Gasteiger partial charge in [0.1, 0.15) is 29.2 Å². The minimum atomic E-state index is -0.774. The Hall–Kier alpha value is -4.60. The maximum absolute atomic E-state index is 12.1. The zero-order valence-electron chi connectivity index (χ0n) is 25.6. The Morgan fingerprint density at radius 2 is 1.19 bits per heavy atom. The first kappa shape index (κ1) is 35.4. The molecule has 228 valence electrons. The summed E-state index contributed by atoms with van der Waals surface area (Å²) >= 11 is 0. The fraction of sp³-hybridized carbons (Fsp3) is 0.375. The van der Waals surface area contributed by atoms with Crippen molar-refractivity contribution in [1.29, 1.82) is 0 Å². The molecule has 10 nitrogen and oxygen atoms in total. The zero-order chi connectivity index (χ0) is 32.1. The van der Waals surface area contributed by atoms with E-state index in [0.29, 0.717) is 41.7 Å². The quantitative estimate of drug-likeness (QED) is 0.212. The molecule has 0 atom stereocenters. The van der Waals surface area contributed by atoms with Crippen LogP contribution in [0.25, 0.3) is 0 Å². The van der Waals surface area contributed by atoms with E-state index in [9.17, 15) is 24.3 Å². The van der Waals surface area contributed by atoms with E-state index < -0.39 is 23.9 Å². The molecule has 10 heteroatoms. The van der Waals surface area contributed by atoms with Crippen LogP contribution in [0.5, 0.6) is 11.5 Å². The topological polar surface area (TPSA) is 135 Å². The average molecular weight is 585 g/mol. The van der Waals surface area contributed by atoms with Gasteiger partial charge >= 0.3 is 23.9 Å². The highest BCUT2D eigenvalue weighted by atomic mass is 16.5. The summed E-state index contributed by atoms with van der Waals surface area (Å²) in [7, 11) is 4.94. The van der Waals surface area contributed by atoms with Gasteiger partial charge in [-0.1, -0.05) is 32.6 Å². The van der Waals surface area contributed by atoms with Crippen molar-refractivity contribution in [2.24, 2.45) is 0 Å². The molecular weight excluding hydrogens is 544 g/mol. The van der Waals surface area contributed by atoms with E-state index in [0.717, 1.165) is 11.1 Å². The number of rotatable bonds is 11. The number of benzene rings is 2. The summed E-state index contributed by atoms with van der Waals surface area (Å²) in [6.07, 6.45) is 4.88. The van der Waals surface area contributed by atoms with Gasteiger partial charge in [-0.25, -0.2) is 19.2 Å². The van der Waals surface area contributed by atoms with Gasteiger partial charge in [-0.05, 0) is 61.4 Å². The minimum Gasteiger partial charge on any atom is -0.507 e. The Bertz CT molecular complexity index is 1350. The van der Waals surface area contributed by atoms with Crippen LogP contribution in [-0.4, -0.2) is 64.0 Å². The molecule has 0 aliphatic heterocycles. The standard InChI is InChI=1S/2C16H20O5/c1-6-8-21-12-9-11(7-2)10(3)13(15(17)19-4)14(12)16(18)20-5;1-6-8-11-10(7-2)9(3)12(15(18)20-4)13(14(11)17)16(19)21-5/h6,9H,1,7-8H2,2-5H3;6,17H,1,7-8H2,2-5H3. The van der Waals surface area contributed by atoms with E-state index in [1.165, 1.54) is 28.4 Å². The number of hydrogen-bond acceptors (Lipinski definition) is 10. The normalized spacial score (nSPS) is 10.0. The van der Waals surface area contributed by atoms with Crippen LogP contribution in [0.3, 0.4) is 0 Å². The number of aromatic hydroxyl groups is 1. The van der Waals surface area contributed by atoms with Crippen LogP contribution in [0, 0.1) is 13.8 Å². The number of methoxy groups -OCH3 is 4. The number of allylic oxidation sites excluding steroid dienone is 1. The molecule has 0 saturated carbocycles. The van der Waals surface area contributed by atoms with Gasteiger partial charge in [0.05, 0.1) is 39.6 Å². The molecule has 0 spiro atoms. The number of hydrogen-bond donors (Lipinski definition) is 1. The predicted molar refractivity (Wildman–Crippen MR) is 158 cm³/mol. The number of phenols is 1. The zero-order valence-corrected chi connectivity index (χ0v) is 25.6. The summed E-state index contributed by atoms with van der Waals surface area (Å²) in [6, 6.07) is 1.75. The number of esters is 4. The van der Waals surface area contributed by atoms with Crippen LogP contribution >= 0.6 is 0 Å². The van der Waals surface area contributed by atoms with E-state index in [-0.39, 0.29) is 34.6 Å². The lowest BCUT2D eigenvalue weighted by Crippen LogP contribution is -2.17. The highest BCUT2D eigenvalue weighted by molar-refractivity contribution is 6.07. The third kappa shape index (κ3) is 7.57. The molecule has 1 N–H and O–H groups in total. The molecule has 0 saturated heterocycles. The Labute approximate surface area is 246 Å². The van der Waals surface area contributed by atoms with Crippen LogP contribution < -0.4 is 4.74 Å². The van der Waals surface area contributed by atoms with Gasteiger partial charge in [-0.3, -0.25) is 0 Å². The highest BCUT2D eigenvalue weighted by Gasteiger charge is 2.30. The molecule has 0 aromatic heterocycles. The molecule has 0 heterocycles. The van der Waals surface area contributed by atoms with Gasteiger partial charge in [-0.2, -0.15) is 0 Å². The molecule has 0 radical (unpaired) electrons. The molecule has 0 aliphatic rings. The maximum Gasteiger partial charge on any atom is 0.342 e. The molecule has 0 amide bonds. The summed E-state index contributed by atoms with van der Waals surface area (Å²) in [5.41, 5.74) is 3.75. The molecule has 0 fully saturated rings. The first-order valence-electron chi connectivity index (χ1n) is 13.2. The Balaban J connectivity index is 0.000000420. The lowest BCUT2D eigenvalue weighted by molar-refractivity contribution is 0.0550. The average Bonchev–Trinajstić information content (AvgIpc) is 3.00. The van der Waals surface area contributed by atoms with E-state index in [2.05, 4.69) is 17.9 Å². The lowest BCUT2D eigenvalue weighted by atomic mass is 9.88. The van der Waals surface area contributed by atoms with Gasteiger partial charge < -0.3 is 28.8 Å². The molecule has 42 heavy (non-hydrogen) atoms. The first-order chi connectivity index (χ1) is 19.9. The van der Waals surface area contributed by atoms with E-state index in [1.807, 2.05) is 13.8 Å². The molecule has 2 aromatic rings. The number of carbonyl (C=O) groups excluding carboxylic acids is 4. The fourth-order valence-corrected chi connectivity index (χ4v) is 4.58. The van der Waals surface area contributed by atoms with Crippen molar-refractivity contribution in [1.82, 2.24) is 0 Å². The van der Waals surface area contributed by atoms with Gasteiger partial charge in [0.2, 0.25) is 0 Å².